The van der Waals surface area contributed by atoms with E-state index in [1.54, 1.807) is 0 Å². The zero-order valence-corrected chi connectivity index (χ0v) is 41.4. The third-order valence-corrected chi connectivity index (χ3v) is 22.9. The van der Waals surface area contributed by atoms with Crippen LogP contribution in [0.4, 0.5) is 0 Å². The molecule has 0 N–H and O–H groups in total. The van der Waals surface area contributed by atoms with E-state index in [0.717, 1.165) is 17.2 Å². The Bertz CT molecular complexity index is 1790. The summed E-state index contributed by atoms with van der Waals surface area (Å²) in [5.74, 6) is -1.07. The smallest absolute Gasteiger partial charge is 0.338 e. The maximum Gasteiger partial charge on any atom is 0.338 e. The fraction of sp³-hybridized carbons (Fsp3) is 0.531. The van der Waals surface area contributed by atoms with Crippen molar-refractivity contribution in [3.63, 3.8) is 0 Å². The minimum atomic E-state index is -2.72. The van der Waals surface area contributed by atoms with E-state index in [9.17, 15) is 4.79 Å². The molecule has 0 radical (unpaired) electrons. The van der Waals surface area contributed by atoms with E-state index in [-0.39, 0.29) is 40.5 Å². The quantitative estimate of drug-likeness (QED) is 0.0766. The topological polar surface area (TPSA) is 63.2 Å². The summed E-state index contributed by atoms with van der Waals surface area (Å²) < 4.78 is 33.7. The van der Waals surface area contributed by atoms with Gasteiger partial charge in [0.25, 0.3) is 8.32 Å². The molecule has 1 unspecified atom stereocenters. The Labute approximate surface area is 355 Å². The van der Waals surface area contributed by atoms with Crippen LogP contribution in [0.15, 0.2) is 97.1 Å². The summed E-state index contributed by atoms with van der Waals surface area (Å²) in [4.78, 5) is 13.2. The number of hydrogen-bond donors (Lipinski definition) is 0. The zero-order valence-electron chi connectivity index (χ0n) is 38.4. The van der Waals surface area contributed by atoms with Gasteiger partial charge in [-0.1, -0.05) is 164 Å². The van der Waals surface area contributed by atoms with Crippen molar-refractivity contribution < 1.29 is 27.9 Å². The Kier molecular flexibility index (Phi) is 15.8. The second-order valence-electron chi connectivity index (χ2n) is 20.4. The molecule has 0 spiro atoms. The van der Waals surface area contributed by atoms with Crippen LogP contribution in [0.3, 0.4) is 0 Å². The SMILES string of the molecule is Cc1ccc(C(=O)OCC[Si](C)(C)C)c(/C=C/C[C@H]2OC(C)(C)O[C@@H]2C(/C=C\C[C@H](C)O[Si](c2ccccc2)(c2ccccc2)C(C)(C)C)O[Si](C)(C)C(C)(C)C)c1. The van der Waals surface area contributed by atoms with Crippen LogP contribution in [0.5, 0.6) is 0 Å². The zero-order chi connectivity index (χ0) is 43.2. The first-order valence-corrected chi connectivity index (χ1v) is 29.8. The fourth-order valence-electron chi connectivity index (χ4n) is 7.36. The molecule has 1 aliphatic heterocycles. The van der Waals surface area contributed by atoms with Gasteiger partial charge in [-0.25, -0.2) is 4.79 Å². The number of aryl methyl sites for hydroxylation is 1. The minimum absolute atomic E-state index is 0.00556. The van der Waals surface area contributed by atoms with Crippen LogP contribution in [-0.4, -0.2) is 67.5 Å². The molecule has 58 heavy (non-hydrogen) atoms. The number of ether oxygens (including phenoxy) is 3. The molecule has 1 aliphatic rings. The van der Waals surface area contributed by atoms with Crippen molar-refractivity contribution in [1.82, 2.24) is 0 Å². The molecule has 6 nitrogen and oxygen atoms in total. The number of carbonyl (C=O) groups is 1. The highest BCUT2D eigenvalue weighted by atomic mass is 28.4. The number of esters is 1. The van der Waals surface area contributed by atoms with Crippen LogP contribution in [0.25, 0.3) is 6.08 Å². The second-order valence-corrected chi connectivity index (χ2v) is 35.0. The molecule has 4 rings (SSSR count). The molecular formula is C49H74O6Si3. The molecule has 4 atom stereocenters. The maximum absolute atomic E-state index is 13.2. The maximum atomic E-state index is 13.2. The average Bonchev–Trinajstić information content (AvgIpc) is 3.43. The van der Waals surface area contributed by atoms with Crippen molar-refractivity contribution in [2.75, 3.05) is 6.61 Å². The molecule has 1 saturated heterocycles. The van der Waals surface area contributed by atoms with Gasteiger partial charge < -0.3 is 23.1 Å². The Hall–Kier alpha value is -2.90. The molecular weight excluding hydrogens is 769 g/mol. The summed E-state index contributed by atoms with van der Waals surface area (Å²) >= 11 is 0. The van der Waals surface area contributed by atoms with Crippen LogP contribution in [0.1, 0.15) is 96.6 Å². The molecule has 0 amide bonds. The van der Waals surface area contributed by atoms with Crippen molar-refractivity contribution in [2.45, 2.75) is 161 Å². The van der Waals surface area contributed by atoms with Gasteiger partial charge >= 0.3 is 5.97 Å². The van der Waals surface area contributed by atoms with Crippen LogP contribution in [0.2, 0.25) is 48.9 Å². The Morgan fingerprint density at radius 3 is 1.93 bits per heavy atom. The molecule has 3 aromatic rings. The van der Waals surface area contributed by atoms with E-state index in [0.29, 0.717) is 25.0 Å². The molecule has 0 aliphatic carbocycles. The summed E-state index contributed by atoms with van der Waals surface area (Å²) in [5.41, 5.74) is 2.50. The van der Waals surface area contributed by atoms with Gasteiger partial charge in [0.2, 0.25) is 0 Å². The Morgan fingerprint density at radius 2 is 1.40 bits per heavy atom. The first kappa shape index (κ1) is 47.8. The van der Waals surface area contributed by atoms with E-state index in [2.05, 4.69) is 160 Å². The van der Waals surface area contributed by atoms with Crippen LogP contribution in [0, 0.1) is 6.92 Å². The van der Waals surface area contributed by atoms with Gasteiger partial charge in [0.1, 0.15) is 6.10 Å². The third-order valence-electron chi connectivity index (χ3n) is 11.5. The second kappa shape index (κ2) is 19.2. The Morgan fingerprint density at radius 1 is 0.810 bits per heavy atom. The van der Waals surface area contributed by atoms with Gasteiger partial charge in [0.15, 0.2) is 14.1 Å². The normalized spacial score (nSPS) is 19.2. The molecule has 0 bridgehead atoms. The first-order chi connectivity index (χ1) is 26.9. The monoisotopic (exact) mass is 842 g/mol. The number of rotatable bonds is 17. The van der Waals surface area contributed by atoms with Crippen molar-refractivity contribution in [3.8, 4) is 0 Å². The van der Waals surface area contributed by atoms with E-state index >= 15 is 0 Å². The summed E-state index contributed by atoms with van der Waals surface area (Å²) in [6.45, 7) is 33.8. The number of hydrogen-bond acceptors (Lipinski definition) is 6. The molecule has 0 aromatic heterocycles. The predicted molar refractivity (Wildman–Crippen MR) is 251 cm³/mol. The van der Waals surface area contributed by atoms with Crippen LogP contribution >= 0.6 is 0 Å². The predicted octanol–water partition coefficient (Wildman–Crippen LogP) is 11.7. The molecule has 9 heteroatoms. The number of benzene rings is 3. The molecule has 0 saturated carbocycles. The van der Waals surface area contributed by atoms with Crippen molar-refractivity contribution in [3.05, 3.63) is 114 Å². The lowest BCUT2D eigenvalue weighted by atomic mass is 10.0. The molecule has 1 fully saturated rings. The van der Waals surface area contributed by atoms with Gasteiger partial charge in [-0.2, -0.15) is 0 Å². The van der Waals surface area contributed by atoms with E-state index < -0.39 is 30.5 Å². The summed E-state index contributed by atoms with van der Waals surface area (Å²) in [6.07, 6.45) is 8.85. The fourth-order valence-corrected chi connectivity index (χ4v) is 14.0. The largest absolute Gasteiger partial charge is 0.462 e. The molecule has 3 aromatic carbocycles. The lowest BCUT2D eigenvalue weighted by Crippen LogP contribution is -2.67. The van der Waals surface area contributed by atoms with Crippen molar-refractivity contribution in [2.24, 2.45) is 0 Å². The summed E-state index contributed by atoms with van der Waals surface area (Å²) in [6, 6.07) is 28.5. The highest BCUT2D eigenvalue weighted by Gasteiger charge is 2.51. The molecule has 1 heterocycles. The van der Waals surface area contributed by atoms with Crippen LogP contribution < -0.4 is 10.4 Å². The molecule has 318 valence electrons. The van der Waals surface area contributed by atoms with Crippen molar-refractivity contribution >= 4 is 47.1 Å². The van der Waals surface area contributed by atoms with E-state index in [4.69, 9.17) is 23.1 Å². The minimum Gasteiger partial charge on any atom is -0.462 e. The van der Waals surface area contributed by atoms with E-state index in [1.165, 1.54) is 10.4 Å². The number of carbonyl (C=O) groups excluding carboxylic acids is 1. The lowest BCUT2D eigenvalue weighted by molar-refractivity contribution is -0.151. The van der Waals surface area contributed by atoms with E-state index in [1.807, 2.05) is 45.0 Å². The van der Waals surface area contributed by atoms with Crippen LogP contribution in [-0.2, 0) is 23.1 Å². The Balaban J connectivity index is 1.62. The lowest BCUT2D eigenvalue weighted by Gasteiger charge is -2.44. The highest BCUT2D eigenvalue weighted by Crippen LogP contribution is 2.41. The summed E-state index contributed by atoms with van der Waals surface area (Å²) in [5, 5.41) is 2.43. The standard InChI is InChI=1S/C49H74O6Si3/c1-37-32-33-42(46(50)51-34-35-56(11,12)13)39(36-37)25-23-30-43-45(53-49(9,10)52-43)44(55-57(14,15)47(3,4)5)31-22-24-38(2)54-58(48(6,7)8,40-26-18-16-19-27-40)41-28-20-17-21-29-41/h16-23,25-29,31-33,36,38,43-45H,24,30,34-35H2,1-15H3/b25-23+,31-22-/t38-,43+,44?,45-/m0/s1. The summed E-state index contributed by atoms with van der Waals surface area (Å²) in [7, 11) is -6.30. The van der Waals surface area contributed by atoms with Gasteiger partial charge in [0.05, 0.1) is 24.4 Å². The van der Waals surface area contributed by atoms with Gasteiger partial charge in [-0.15, -0.1) is 0 Å². The van der Waals surface area contributed by atoms with Gasteiger partial charge in [0, 0.05) is 14.2 Å². The van der Waals surface area contributed by atoms with Gasteiger partial charge in [-0.05, 0) is 91.8 Å². The van der Waals surface area contributed by atoms with Gasteiger partial charge in [-0.3, -0.25) is 0 Å². The van der Waals surface area contributed by atoms with Crippen molar-refractivity contribution in [1.29, 1.82) is 0 Å². The third kappa shape index (κ3) is 12.6. The first-order valence-electron chi connectivity index (χ1n) is 21.3. The average molecular weight is 843 g/mol. The highest BCUT2D eigenvalue weighted by molar-refractivity contribution is 6.99.